The molecular formula is C9H14N2O3. The number of hydrogen-bond donors (Lipinski definition) is 1. The first-order chi connectivity index (χ1) is 6.69. The molecule has 1 aliphatic carbocycles. The minimum atomic E-state index is -0.355. The normalized spacial score (nSPS) is 24.8. The topological polar surface area (TPSA) is 58.6 Å². The molecule has 0 spiro atoms. The molecule has 0 bridgehead atoms. The Kier molecular flexibility index (Phi) is 2.19. The van der Waals surface area contributed by atoms with Gasteiger partial charge in [0.1, 0.15) is 0 Å². The number of nitrogens with one attached hydrogen (secondary N) is 1. The molecule has 5 nitrogen and oxygen atoms in total. The maximum Gasteiger partial charge on any atom is 0.325 e. The largest absolute Gasteiger partial charge is 0.382 e. The van der Waals surface area contributed by atoms with Gasteiger partial charge in [-0.3, -0.25) is 9.69 Å². The van der Waals surface area contributed by atoms with E-state index in [0.29, 0.717) is 6.61 Å². The van der Waals surface area contributed by atoms with Crippen LogP contribution in [0.5, 0.6) is 0 Å². The second-order valence-electron chi connectivity index (χ2n) is 3.90. The Balaban J connectivity index is 2.18. The molecule has 0 radical (unpaired) electrons. The van der Waals surface area contributed by atoms with Gasteiger partial charge < -0.3 is 10.1 Å². The van der Waals surface area contributed by atoms with Gasteiger partial charge in [-0.25, -0.2) is 4.79 Å². The summed E-state index contributed by atoms with van der Waals surface area (Å²) in [5.41, 5.74) is -0.355. The van der Waals surface area contributed by atoms with Gasteiger partial charge in [0.25, 0.3) is 5.91 Å². The van der Waals surface area contributed by atoms with Gasteiger partial charge in [0.05, 0.1) is 18.7 Å². The molecule has 0 aromatic carbocycles. The number of rotatable bonds is 3. The molecule has 14 heavy (non-hydrogen) atoms. The van der Waals surface area contributed by atoms with Crippen molar-refractivity contribution in [3.8, 4) is 0 Å². The van der Waals surface area contributed by atoms with Crippen molar-refractivity contribution in [2.75, 3.05) is 20.3 Å². The number of nitrogens with zero attached hydrogens (tertiary/aromatic N) is 1. The number of imide groups is 1. The maximum absolute atomic E-state index is 11.5. The third-order valence-electron chi connectivity index (χ3n) is 3.01. The summed E-state index contributed by atoms with van der Waals surface area (Å²) < 4.78 is 5.08. The summed E-state index contributed by atoms with van der Waals surface area (Å²) in [5, 5.41) is 2.53. The van der Waals surface area contributed by atoms with Crippen LogP contribution >= 0.6 is 0 Å². The van der Waals surface area contributed by atoms with Gasteiger partial charge in [-0.05, 0) is 19.3 Å². The summed E-state index contributed by atoms with van der Waals surface area (Å²) in [6.07, 6.45) is 2.78. The third kappa shape index (κ3) is 1.19. The molecule has 1 saturated carbocycles. The molecule has 0 unspecified atom stereocenters. The highest BCUT2D eigenvalue weighted by Crippen LogP contribution is 2.38. The lowest BCUT2D eigenvalue weighted by atomic mass is 9.76. The van der Waals surface area contributed by atoms with E-state index < -0.39 is 0 Å². The summed E-state index contributed by atoms with van der Waals surface area (Å²) in [5.74, 6) is -0.133. The van der Waals surface area contributed by atoms with E-state index in [4.69, 9.17) is 4.74 Å². The summed E-state index contributed by atoms with van der Waals surface area (Å²) in [4.78, 5) is 24.3. The SMILES string of the molecule is COCC1(N2C(=O)CNC2=O)CCC1. The van der Waals surface area contributed by atoms with E-state index in [1.807, 2.05) is 0 Å². The summed E-state index contributed by atoms with van der Waals surface area (Å²) in [6.45, 7) is 0.580. The van der Waals surface area contributed by atoms with Gasteiger partial charge in [-0.1, -0.05) is 0 Å². The first-order valence-corrected chi connectivity index (χ1v) is 4.79. The lowest BCUT2D eigenvalue weighted by molar-refractivity contribution is -0.134. The second-order valence-corrected chi connectivity index (χ2v) is 3.90. The lowest BCUT2D eigenvalue weighted by Crippen LogP contribution is -2.59. The zero-order valence-electron chi connectivity index (χ0n) is 8.21. The van der Waals surface area contributed by atoms with Crippen LogP contribution in [0.2, 0.25) is 0 Å². The van der Waals surface area contributed by atoms with E-state index in [9.17, 15) is 9.59 Å². The Bertz CT molecular complexity index is 257. The molecule has 1 aliphatic heterocycles. The van der Waals surface area contributed by atoms with E-state index in [0.717, 1.165) is 19.3 Å². The summed E-state index contributed by atoms with van der Waals surface area (Å²) in [6, 6.07) is -0.272. The van der Waals surface area contributed by atoms with Crippen LogP contribution in [0.25, 0.3) is 0 Å². The van der Waals surface area contributed by atoms with Gasteiger partial charge in [-0.15, -0.1) is 0 Å². The number of ether oxygens (including phenoxy) is 1. The van der Waals surface area contributed by atoms with Crippen LogP contribution in [0, 0.1) is 0 Å². The Labute approximate surface area is 82.4 Å². The zero-order valence-corrected chi connectivity index (χ0v) is 8.21. The quantitative estimate of drug-likeness (QED) is 0.655. The van der Waals surface area contributed by atoms with E-state index in [1.165, 1.54) is 4.90 Å². The fraction of sp³-hybridized carbons (Fsp3) is 0.778. The van der Waals surface area contributed by atoms with Crippen LogP contribution in [0.15, 0.2) is 0 Å². The number of carbonyl (C=O) groups excluding carboxylic acids is 2. The molecule has 2 rings (SSSR count). The van der Waals surface area contributed by atoms with Gasteiger partial charge in [0.2, 0.25) is 0 Å². The highest BCUT2D eigenvalue weighted by molar-refractivity contribution is 6.02. The lowest BCUT2D eigenvalue weighted by Gasteiger charge is -2.46. The monoisotopic (exact) mass is 198 g/mol. The number of amides is 3. The van der Waals surface area contributed by atoms with Crippen LogP contribution < -0.4 is 5.32 Å². The first kappa shape index (κ1) is 9.45. The molecule has 0 atom stereocenters. The molecule has 3 amide bonds. The maximum atomic E-state index is 11.5. The summed E-state index contributed by atoms with van der Waals surface area (Å²) in [7, 11) is 1.60. The minimum Gasteiger partial charge on any atom is -0.382 e. The van der Waals surface area contributed by atoms with Crippen molar-refractivity contribution >= 4 is 11.9 Å². The van der Waals surface area contributed by atoms with Crippen LogP contribution in [0.4, 0.5) is 4.79 Å². The molecule has 1 N–H and O–H groups in total. The minimum absolute atomic E-state index is 0.129. The van der Waals surface area contributed by atoms with Crippen LogP contribution in [-0.2, 0) is 9.53 Å². The standard InChI is InChI=1S/C9H14N2O3/c1-14-6-9(3-2-4-9)11-7(12)5-10-8(11)13/h2-6H2,1H3,(H,10,13). The van der Waals surface area contributed by atoms with Crippen molar-refractivity contribution in [1.82, 2.24) is 10.2 Å². The fourth-order valence-electron chi connectivity index (χ4n) is 2.19. The van der Waals surface area contributed by atoms with Crippen molar-refractivity contribution in [3.63, 3.8) is 0 Å². The van der Waals surface area contributed by atoms with Crippen molar-refractivity contribution < 1.29 is 14.3 Å². The Morgan fingerprint density at radius 1 is 1.50 bits per heavy atom. The molecule has 5 heteroatoms. The molecule has 0 aromatic heterocycles. The third-order valence-corrected chi connectivity index (χ3v) is 3.01. The van der Waals surface area contributed by atoms with Crippen LogP contribution in [0.1, 0.15) is 19.3 Å². The zero-order chi connectivity index (χ0) is 10.2. The second kappa shape index (κ2) is 3.24. The van der Waals surface area contributed by atoms with E-state index in [2.05, 4.69) is 5.32 Å². The van der Waals surface area contributed by atoms with E-state index >= 15 is 0 Å². The first-order valence-electron chi connectivity index (χ1n) is 4.79. The molecule has 1 saturated heterocycles. The molecule has 2 fully saturated rings. The fourth-order valence-corrected chi connectivity index (χ4v) is 2.19. The van der Waals surface area contributed by atoms with Crippen LogP contribution in [-0.4, -0.2) is 42.6 Å². The Morgan fingerprint density at radius 3 is 2.57 bits per heavy atom. The Morgan fingerprint density at radius 2 is 2.21 bits per heavy atom. The van der Waals surface area contributed by atoms with Gasteiger partial charge in [-0.2, -0.15) is 0 Å². The predicted molar refractivity (Wildman–Crippen MR) is 48.7 cm³/mol. The molecule has 2 aliphatic rings. The van der Waals surface area contributed by atoms with Crippen molar-refractivity contribution in [2.45, 2.75) is 24.8 Å². The highest BCUT2D eigenvalue weighted by Gasteiger charge is 2.50. The van der Waals surface area contributed by atoms with Crippen LogP contribution in [0.3, 0.4) is 0 Å². The highest BCUT2D eigenvalue weighted by atomic mass is 16.5. The predicted octanol–water partition coefficient (Wildman–Crippen LogP) is 0.107. The van der Waals surface area contributed by atoms with Crippen molar-refractivity contribution in [1.29, 1.82) is 0 Å². The van der Waals surface area contributed by atoms with Crippen molar-refractivity contribution in [2.24, 2.45) is 0 Å². The van der Waals surface area contributed by atoms with Gasteiger partial charge >= 0.3 is 6.03 Å². The Hall–Kier alpha value is -1.10. The number of methoxy groups -OCH3 is 1. The molecular weight excluding hydrogens is 184 g/mol. The van der Waals surface area contributed by atoms with Gasteiger partial charge in [0, 0.05) is 7.11 Å². The summed E-state index contributed by atoms with van der Waals surface area (Å²) >= 11 is 0. The van der Waals surface area contributed by atoms with Crippen molar-refractivity contribution in [3.05, 3.63) is 0 Å². The average molecular weight is 198 g/mol. The van der Waals surface area contributed by atoms with E-state index in [-0.39, 0.29) is 24.0 Å². The smallest absolute Gasteiger partial charge is 0.325 e. The number of hydrogen-bond acceptors (Lipinski definition) is 3. The molecule has 0 aromatic rings. The average Bonchev–Trinajstić information content (AvgIpc) is 2.41. The van der Waals surface area contributed by atoms with Gasteiger partial charge in [0.15, 0.2) is 0 Å². The number of carbonyl (C=O) groups is 2. The number of urea groups is 1. The molecule has 78 valence electrons. The van der Waals surface area contributed by atoms with E-state index in [1.54, 1.807) is 7.11 Å². The molecule has 1 heterocycles.